The molecule has 0 bridgehead atoms. The Labute approximate surface area is 651 Å². The smallest absolute Gasteiger partial charge is 0.329 e. The van der Waals surface area contributed by atoms with Gasteiger partial charge in [-0.3, -0.25) is 71.9 Å². The number of rotatable bonds is 36. The van der Waals surface area contributed by atoms with Crippen LogP contribution in [0.2, 0.25) is 0 Å². The van der Waals surface area contributed by atoms with Crippen LogP contribution in [-0.4, -0.2) is 216 Å². The van der Waals surface area contributed by atoms with Crippen LogP contribution < -0.4 is 69.5 Å². The van der Waals surface area contributed by atoms with E-state index in [0.29, 0.717) is 18.4 Å². The zero-order valence-corrected chi connectivity index (χ0v) is 67.7. The SMILES string of the molecule is C/C=C1\NC(=O)[C@H](Cc2ccccc2)NC(=O)[C@@H](C(C)C)NC(=O)[C@@H]([C@H](C)CC)NC(=O)[C@H](NC(=O)[C@H](NC(=O)[C@H](CCCN)NC(=O)[C@H]2CCCN2C(=O)[C@H](NC(=O)[C@@H](NC(=O)[C@@H](NC(=O)[C@H](NC(=O)CCCOC(=O)CCOC(C)=O)C(C)C)[C@@H](C)O)C(C)C)C(C)C)[C@H](C)CC)[C@H](C)OC(=O)[C@H](C(C)C)NC1=O. The maximum Gasteiger partial charge on any atom is 0.329 e. The summed E-state index contributed by atoms with van der Waals surface area (Å²) in [4.78, 5) is 225. The van der Waals surface area contributed by atoms with Crippen molar-refractivity contribution >= 4 is 94.7 Å². The molecule has 0 spiro atoms. The Bertz CT molecular complexity index is 3400. The Hall–Kier alpha value is -9.60. The molecule has 2 saturated heterocycles. The van der Waals surface area contributed by atoms with Gasteiger partial charge in [0.1, 0.15) is 90.9 Å². The van der Waals surface area contributed by atoms with E-state index in [9.17, 15) is 72.2 Å². The summed E-state index contributed by atoms with van der Waals surface area (Å²) in [7, 11) is 0. The summed E-state index contributed by atoms with van der Waals surface area (Å²) in [5.74, 6) is -17.6. The fourth-order valence-corrected chi connectivity index (χ4v) is 12.2. The van der Waals surface area contributed by atoms with E-state index in [0.717, 1.165) is 0 Å². The highest BCUT2D eigenvalue weighted by Crippen LogP contribution is 2.23. The van der Waals surface area contributed by atoms with E-state index >= 15 is 9.59 Å². The maximum atomic E-state index is 15.1. The minimum atomic E-state index is -1.84. The number of likely N-dealkylation sites (tertiary alicyclic amines) is 1. The van der Waals surface area contributed by atoms with Crippen molar-refractivity contribution in [2.75, 3.05) is 26.3 Å². The zero-order chi connectivity index (χ0) is 83.8. The summed E-state index contributed by atoms with van der Waals surface area (Å²) in [6.45, 7) is 28.1. The van der Waals surface area contributed by atoms with Crippen molar-refractivity contribution < 1.29 is 96.0 Å². The van der Waals surface area contributed by atoms with Crippen molar-refractivity contribution in [3.05, 3.63) is 47.7 Å². The number of carbonyl (C=O) groups is 16. The second-order valence-electron chi connectivity index (χ2n) is 30.3. The van der Waals surface area contributed by atoms with E-state index in [1.807, 2.05) is 0 Å². The standard InChI is InChI=1S/C77H124N14O20/c1-19-44(14)61(73(104)90-64-47(17)111-77(108)60(43(12)13)86-65(96)50(21-3)79-67(98)52(38-49-28-23-22-24-29-49)81-69(100)57(40(6)7)83-72(103)62(45(15)20-2)88-75(64)106)87-66(97)51(30-25-34-78)80-68(99)53-31-26-35-91(53)76(107)59(42(10)11)85-71(102)58(41(8)9)84-74(105)63(46(16)92)89-70(101)56(39(4)5)82-54(94)32-27-36-110-55(95)33-37-109-48(18)93/h21-24,28-29,39-47,51-53,56-64,92H,19-20,25-27,30-38,78H2,1-18H3,(H,79,98)(H,80,99)(H,81,100)(H,82,94)(H,83,103)(H,84,105)(H,85,102)(H,86,96)(H,87,97)(H,88,106)(H,89,101)(H,90,104)/b50-21-/t44-,45-,46-,47+,51+,52+,53-,56-,57-,58+,59-,60+,61-,62-,63+,64-/m1/s1. The average Bonchev–Trinajstić information content (AvgIpc) is 1.77. The molecule has 2 aliphatic rings. The minimum absolute atomic E-state index is 0.0415. The summed E-state index contributed by atoms with van der Waals surface area (Å²) in [6.07, 6.45) is -1.08. The van der Waals surface area contributed by atoms with Gasteiger partial charge in [-0.1, -0.05) is 146 Å². The summed E-state index contributed by atoms with van der Waals surface area (Å²) in [5.41, 5.74) is 6.32. The molecule has 0 saturated carbocycles. The molecule has 0 aromatic heterocycles. The van der Waals surface area contributed by atoms with E-state index < -0.39 is 221 Å². The van der Waals surface area contributed by atoms with Crippen LogP contribution in [0.1, 0.15) is 188 Å². The van der Waals surface area contributed by atoms with E-state index in [-0.39, 0.29) is 83.4 Å². The topological polar surface area (TPSA) is 495 Å². The average molecular weight is 1570 g/mol. The van der Waals surface area contributed by atoms with Crippen LogP contribution in [0.4, 0.5) is 0 Å². The third-order valence-corrected chi connectivity index (χ3v) is 19.5. The third kappa shape index (κ3) is 30.2. The number of amides is 13. The first-order valence-electron chi connectivity index (χ1n) is 38.7. The molecule has 0 aliphatic carbocycles. The predicted octanol–water partition coefficient (Wildman–Crippen LogP) is 0.287. The monoisotopic (exact) mass is 1560 g/mol. The largest absolute Gasteiger partial charge is 0.466 e. The molecule has 2 heterocycles. The fourth-order valence-electron chi connectivity index (χ4n) is 12.2. The first-order valence-corrected chi connectivity index (χ1v) is 38.7. The number of nitrogens with zero attached hydrogens (tertiary/aromatic N) is 1. The van der Waals surface area contributed by atoms with Gasteiger partial charge in [0.05, 0.1) is 19.1 Å². The maximum absolute atomic E-state index is 15.1. The molecule has 622 valence electrons. The highest BCUT2D eigenvalue weighted by molar-refractivity contribution is 6.03. The third-order valence-electron chi connectivity index (χ3n) is 19.5. The van der Waals surface area contributed by atoms with Gasteiger partial charge in [-0.2, -0.15) is 0 Å². The van der Waals surface area contributed by atoms with Gasteiger partial charge in [0.15, 0.2) is 0 Å². The van der Waals surface area contributed by atoms with Crippen molar-refractivity contribution in [3.8, 4) is 0 Å². The number of esters is 3. The van der Waals surface area contributed by atoms with Crippen LogP contribution in [0.15, 0.2) is 42.1 Å². The number of benzene rings is 1. The molecule has 3 rings (SSSR count). The van der Waals surface area contributed by atoms with Crippen LogP contribution in [-0.2, 0) is 97.3 Å². The van der Waals surface area contributed by atoms with Gasteiger partial charge in [0.2, 0.25) is 70.9 Å². The molecule has 34 heteroatoms. The molecular formula is C77H124N14O20. The van der Waals surface area contributed by atoms with Crippen molar-refractivity contribution in [1.82, 2.24) is 68.7 Å². The molecule has 2 fully saturated rings. The summed E-state index contributed by atoms with van der Waals surface area (Å²) in [5, 5.41) is 42.8. The number of hydrogen-bond acceptors (Lipinski definition) is 21. The van der Waals surface area contributed by atoms with Crippen molar-refractivity contribution in [2.45, 2.75) is 274 Å². The quantitative estimate of drug-likeness (QED) is 0.0186. The number of carbonyl (C=O) groups excluding carboxylic acids is 16. The summed E-state index contributed by atoms with van der Waals surface area (Å²) >= 11 is 0. The molecule has 111 heavy (non-hydrogen) atoms. The molecule has 0 unspecified atom stereocenters. The molecule has 13 amide bonds. The zero-order valence-electron chi connectivity index (χ0n) is 67.7. The Morgan fingerprint density at radius 3 is 1.73 bits per heavy atom. The first kappa shape index (κ1) is 95.6. The lowest BCUT2D eigenvalue weighted by molar-refractivity contribution is -0.157. The van der Waals surface area contributed by atoms with Gasteiger partial charge in [0, 0.05) is 26.3 Å². The van der Waals surface area contributed by atoms with Gasteiger partial charge in [0.25, 0.3) is 5.91 Å². The second kappa shape index (κ2) is 46.9. The van der Waals surface area contributed by atoms with E-state index in [4.69, 9.17) is 19.9 Å². The first-order chi connectivity index (χ1) is 52.1. The normalized spacial score (nSPS) is 21.8. The minimum Gasteiger partial charge on any atom is -0.466 e. The van der Waals surface area contributed by atoms with Gasteiger partial charge in [-0.15, -0.1) is 0 Å². The van der Waals surface area contributed by atoms with Crippen molar-refractivity contribution in [3.63, 3.8) is 0 Å². The Kier molecular flexibility index (Phi) is 40.4. The molecule has 2 aliphatic heterocycles. The summed E-state index contributed by atoms with van der Waals surface area (Å²) < 4.78 is 15.7. The van der Waals surface area contributed by atoms with Crippen LogP contribution in [0, 0.1) is 41.4 Å². The highest BCUT2D eigenvalue weighted by atomic mass is 16.6. The lowest BCUT2D eigenvalue weighted by Crippen LogP contribution is -2.64. The molecule has 1 aromatic rings. The number of cyclic esters (lactones) is 1. The molecule has 34 nitrogen and oxygen atoms in total. The number of nitrogens with one attached hydrogen (secondary N) is 12. The van der Waals surface area contributed by atoms with Gasteiger partial charge < -0.3 is 93.8 Å². The highest BCUT2D eigenvalue weighted by Gasteiger charge is 2.45. The van der Waals surface area contributed by atoms with Gasteiger partial charge >= 0.3 is 17.9 Å². The van der Waals surface area contributed by atoms with E-state index in [1.165, 1.54) is 38.7 Å². The summed E-state index contributed by atoms with van der Waals surface area (Å²) in [6, 6.07) is -8.19. The lowest BCUT2D eigenvalue weighted by atomic mass is 9.95. The Morgan fingerprint density at radius 1 is 0.622 bits per heavy atom. The lowest BCUT2D eigenvalue weighted by Gasteiger charge is -2.33. The Balaban J connectivity index is 1.95. The van der Waals surface area contributed by atoms with Crippen molar-refractivity contribution in [1.29, 1.82) is 0 Å². The number of aliphatic hydroxyl groups is 1. The fraction of sp³-hybridized carbons (Fsp3) is 0.688. The second-order valence-corrected chi connectivity index (χ2v) is 30.3. The molecule has 0 radical (unpaired) electrons. The predicted molar refractivity (Wildman–Crippen MR) is 408 cm³/mol. The molecule has 1 aromatic carbocycles. The van der Waals surface area contributed by atoms with Crippen LogP contribution in [0.5, 0.6) is 0 Å². The van der Waals surface area contributed by atoms with Crippen LogP contribution in [0.3, 0.4) is 0 Å². The molecule has 16 atom stereocenters. The van der Waals surface area contributed by atoms with Gasteiger partial charge in [-0.05, 0) is 106 Å². The number of ether oxygens (including phenoxy) is 3. The number of hydrogen-bond donors (Lipinski definition) is 14. The van der Waals surface area contributed by atoms with Crippen LogP contribution >= 0.6 is 0 Å². The number of nitrogens with two attached hydrogens (primary N) is 1. The van der Waals surface area contributed by atoms with E-state index in [2.05, 4.69) is 63.8 Å². The Morgan fingerprint density at radius 2 is 1.18 bits per heavy atom. The molecule has 15 N–H and O–H groups in total. The van der Waals surface area contributed by atoms with E-state index in [1.54, 1.807) is 127 Å². The molecular weight excluding hydrogens is 1440 g/mol. The van der Waals surface area contributed by atoms with Crippen LogP contribution in [0.25, 0.3) is 0 Å². The van der Waals surface area contributed by atoms with Gasteiger partial charge in [-0.25, -0.2) is 4.79 Å². The number of allylic oxidation sites excluding steroid dienone is 1. The number of aliphatic hydroxyl groups excluding tert-OH is 1. The van der Waals surface area contributed by atoms with Crippen molar-refractivity contribution in [2.24, 2.45) is 47.2 Å².